The standard InChI is InChI=1S/C21H22BNO3S/c1-21(2,3)23-27(25,26)19-9-5-4-8-18(19)16-10-12-17(13-11-16)20(24)22-14-6-7-15-22/h4-15,23H,1-3H3. The Bertz CT molecular complexity index is 1000. The first-order chi connectivity index (χ1) is 12.7. The molecule has 1 aliphatic rings. The van der Waals surface area contributed by atoms with E-state index >= 15 is 0 Å². The fourth-order valence-corrected chi connectivity index (χ4v) is 4.66. The van der Waals surface area contributed by atoms with Crippen molar-refractivity contribution in [1.82, 2.24) is 4.72 Å². The monoisotopic (exact) mass is 379 g/mol. The molecule has 0 saturated carbocycles. The minimum atomic E-state index is -3.67. The first-order valence-electron chi connectivity index (χ1n) is 8.80. The van der Waals surface area contributed by atoms with E-state index in [2.05, 4.69) is 4.72 Å². The van der Waals surface area contributed by atoms with E-state index in [1.54, 1.807) is 69.3 Å². The third kappa shape index (κ3) is 4.46. The van der Waals surface area contributed by atoms with Crippen molar-refractivity contribution in [3.05, 3.63) is 78.2 Å². The van der Waals surface area contributed by atoms with Gasteiger partial charge in [0.15, 0.2) is 0 Å². The maximum Gasteiger partial charge on any atom is 0.280 e. The molecule has 1 N–H and O–H groups in total. The van der Waals surface area contributed by atoms with Crippen molar-refractivity contribution in [3.63, 3.8) is 0 Å². The van der Waals surface area contributed by atoms with Crippen LogP contribution in [0, 0.1) is 0 Å². The summed E-state index contributed by atoms with van der Waals surface area (Å²) in [6, 6.07) is 14.0. The predicted molar refractivity (Wildman–Crippen MR) is 110 cm³/mol. The molecule has 0 unspecified atom stereocenters. The smallest absolute Gasteiger partial charge is 0.280 e. The van der Waals surface area contributed by atoms with Crippen LogP contribution in [0.1, 0.15) is 31.1 Å². The van der Waals surface area contributed by atoms with Gasteiger partial charge in [-0.3, -0.25) is 0 Å². The van der Waals surface area contributed by atoms with Gasteiger partial charge < -0.3 is 4.79 Å². The summed E-state index contributed by atoms with van der Waals surface area (Å²) in [5.74, 6) is 3.71. The highest BCUT2D eigenvalue weighted by Gasteiger charge is 2.25. The van der Waals surface area contributed by atoms with Gasteiger partial charge in [-0.2, -0.15) is 0 Å². The number of benzene rings is 2. The first-order valence-corrected chi connectivity index (χ1v) is 10.3. The van der Waals surface area contributed by atoms with Crippen LogP contribution in [-0.4, -0.2) is 26.4 Å². The highest BCUT2D eigenvalue weighted by Crippen LogP contribution is 2.28. The second-order valence-electron chi connectivity index (χ2n) is 7.59. The van der Waals surface area contributed by atoms with Crippen LogP contribution in [0.25, 0.3) is 11.1 Å². The molecule has 138 valence electrons. The summed E-state index contributed by atoms with van der Waals surface area (Å²) in [5, 5.41) is 0. The van der Waals surface area contributed by atoms with Gasteiger partial charge in [0.25, 0.3) is 6.71 Å². The Morgan fingerprint density at radius 2 is 1.52 bits per heavy atom. The van der Waals surface area contributed by atoms with Crippen molar-refractivity contribution < 1.29 is 13.2 Å². The average molecular weight is 379 g/mol. The average Bonchev–Trinajstić information content (AvgIpc) is 3.14. The molecule has 2 aromatic carbocycles. The molecular weight excluding hydrogens is 357 g/mol. The van der Waals surface area contributed by atoms with Crippen molar-refractivity contribution in [1.29, 1.82) is 0 Å². The van der Waals surface area contributed by atoms with E-state index in [-0.39, 0.29) is 17.3 Å². The third-order valence-electron chi connectivity index (χ3n) is 4.15. The molecule has 0 aliphatic carbocycles. The topological polar surface area (TPSA) is 63.2 Å². The molecule has 2 aromatic rings. The maximum atomic E-state index is 12.8. The number of hydrogen-bond donors (Lipinski definition) is 1. The van der Waals surface area contributed by atoms with Crippen molar-refractivity contribution >= 4 is 22.4 Å². The fraction of sp³-hybridized carbons (Fsp3) is 0.190. The molecule has 0 bridgehead atoms. The van der Waals surface area contributed by atoms with Gasteiger partial charge in [-0.25, -0.2) is 13.1 Å². The molecule has 3 rings (SSSR count). The van der Waals surface area contributed by atoms with Crippen molar-refractivity contribution in [2.75, 3.05) is 0 Å². The molecule has 1 heterocycles. The van der Waals surface area contributed by atoms with Gasteiger partial charge >= 0.3 is 0 Å². The minimum absolute atomic E-state index is 0.0295. The summed E-state index contributed by atoms with van der Waals surface area (Å²) in [6.45, 7) is 5.19. The summed E-state index contributed by atoms with van der Waals surface area (Å²) in [4.78, 5) is 12.7. The van der Waals surface area contributed by atoms with E-state index in [0.717, 1.165) is 5.56 Å². The van der Waals surface area contributed by atoms with E-state index in [1.165, 1.54) is 0 Å². The lowest BCUT2D eigenvalue weighted by atomic mass is 9.47. The van der Waals surface area contributed by atoms with Crippen LogP contribution in [0.2, 0.25) is 0 Å². The van der Waals surface area contributed by atoms with E-state index in [0.29, 0.717) is 11.1 Å². The highest BCUT2D eigenvalue weighted by atomic mass is 32.2. The van der Waals surface area contributed by atoms with Gasteiger partial charge in [0.1, 0.15) is 5.68 Å². The normalized spacial score (nSPS) is 14.0. The van der Waals surface area contributed by atoms with Crippen molar-refractivity contribution in [2.45, 2.75) is 31.2 Å². The first kappa shape index (κ1) is 19.3. The lowest BCUT2D eigenvalue weighted by molar-refractivity contribution is 0.107. The second kappa shape index (κ2) is 7.29. The Balaban J connectivity index is 1.95. The number of rotatable bonds is 5. The Labute approximate surface area is 161 Å². The van der Waals surface area contributed by atoms with Crippen LogP contribution in [0.5, 0.6) is 0 Å². The molecule has 0 fully saturated rings. The molecule has 0 amide bonds. The minimum Gasteiger partial charge on any atom is -0.305 e. The van der Waals surface area contributed by atoms with E-state index in [9.17, 15) is 13.2 Å². The zero-order valence-corrected chi connectivity index (χ0v) is 16.5. The number of allylic oxidation sites excluding steroid dienone is 2. The molecule has 0 saturated heterocycles. The van der Waals surface area contributed by atoms with Crippen molar-refractivity contribution in [2.24, 2.45) is 0 Å². The summed E-state index contributed by atoms with van der Waals surface area (Å²) >= 11 is 0. The number of carbonyl (C=O) groups excluding carboxylic acids is 1. The molecule has 6 heteroatoms. The summed E-state index contributed by atoms with van der Waals surface area (Å²) in [6.07, 6.45) is 3.72. The third-order valence-corrected chi connectivity index (χ3v) is 5.96. The van der Waals surface area contributed by atoms with Crippen LogP contribution in [0.3, 0.4) is 0 Å². The highest BCUT2D eigenvalue weighted by molar-refractivity contribution is 7.89. The lowest BCUT2D eigenvalue weighted by Gasteiger charge is -2.21. The van der Waals surface area contributed by atoms with E-state index in [1.807, 2.05) is 24.1 Å². The molecule has 0 radical (unpaired) electrons. The van der Waals surface area contributed by atoms with Crippen LogP contribution in [-0.2, 0) is 10.0 Å². The fourth-order valence-electron chi connectivity index (χ4n) is 3.01. The van der Waals surface area contributed by atoms with E-state index < -0.39 is 15.6 Å². The number of carbonyl (C=O) groups is 1. The quantitative estimate of drug-likeness (QED) is 0.803. The van der Waals surface area contributed by atoms with Gasteiger partial charge in [-0.15, -0.1) is 12.0 Å². The maximum absolute atomic E-state index is 12.8. The van der Waals surface area contributed by atoms with Gasteiger partial charge in [-0.1, -0.05) is 54.6 Å². The number of hydrogen-bond acceptors (Lipinski definition) is 3. The SMILES string of the molecule is CC(C)(C)NS(=O)(=O)c1ccccc1-c1ccc(C(=O)B2C=CC=C2)cc1. The summed E-state index contributed by atoms with van der Waals surface area (Å²) in [7, 11) is -3.67. The molecule has 4 nitrogen and oxygen atoms in total. The Morgan fingerprint density at radius 1 is 0.926 bits per heavy atom. The van der Waals surface area contributed by atoms with Gasteiger partial charge in [-0.05, 0) is 32.4 Å². The van der Waals surface area contributed by atoms with Crippen LogP contribution >= 0.6 is 0 Å². The Kier molecular flexibility index (Phi) is 5.22. The zero-order chi connectivity index (χ0) is 19.7. The number of sulfonamides is 1. The summed E-state index contributed by atoms with van der Waals surface area (Å²) < 4.78 is 28.3. The van der Waals surface area contributed by atoms with Crippen LogP contribution in [0.4, 0.5) is 0 Å². The predicted octanol–water partition coefficient (Wildman–Crippen LogP) is 3.85. The van der Waals surface area contributed by atoms with E-state index in [4.69, 9.17) is 0 Å². The van der Waals surface area contributed by atoms with Gasteiger partial charge in [0, 0.05) is 16.7 Å². The second-order valence-corrected chi connectivity index (χ2v) is 9.24. The molecule has 0 aromatic heterocycles. The van der Waals surface area contributed by atoms with Crippen LogP contribution < -0.4 is 4.72 Å². The van der Waals surface area contributed by atoms with Gasteiger partial charge in [0.05, 0.1) is 4.90 Å². The Hall–Kier alpha value is -2.44. The van der Waals surface area contributed by atoms with Crippen LogP contribution in [0.15, 0.2) is 77.5 Å². The van der Waals surface area contributed by atoms with Crippen molar-refractivity contribution in [3.8, 4) is 11.1 Å². The van der Waals surface area contributed by atoms with Gasteiger partial charge in [0.2, 0.25) is 10.0 Å². The largest absolute Gasteiger partial charge is 0.305 e. The Morgan fingerprint density at radius 3 is 2.11 bits per heavy atom. The molecular formula is C21H22BNO3S. The summed E-state index contributed by atoms with van der Waals surface area (Å²) in [5.41, 5.74) is 1.41. The molecule has 0 atom stereocenters. The number of nitrogens with one attached hydrogen (secondary N) is 1. The lowest BCUT2D eigenvalue weighted by Crippen LogP contribution is -2.40. The zero-order valence-electron chi connectivity index (χ0n) is 15.6. The molecule has 0 spiro atoms. The molecule has 27 heavy (non-hydrogen) atoms. The molecule has 1 aliphatic heterocycles.